The maximum atomic E-state index is 9.27. The van der Waals surface area contributed by atoms with Crippen molar-refractivity contribution in [3.8, 4) is 0 Å². The van der Waals surface area contributed by atoms with Crippen molar-refractivity contribution in [2.45, 2.75) is 18.9 Å². The van der Waals surface area contributed by atoms with Gasteiger partial charge in [0.2, 0.25) is 17.8 Å². The molecular formula is C12H20N6O2. The second kappa shape index (κ2) is 5.76. The highest BCUT2D eigenvalue weighted by molar-refractivity contribution is 5.42. The van der Waals surface area contributed by atoms with Crippen LogP contribution < -0.4 is 16.0 Å². The van der Waals surface area contributed by atoms with E-state index in [4.69, 9.17) is 10.5 Å². The van der Waals surface area contributed by atoms with Crippen LogP contribution in [0.4, 0.5) is 17.8 Å². The van der Waals surface area contributed by atoms with Gasteiger partial charge in [0.1, 0.15) is 0 Å². The average Bonchev–Trinajstić information content (AvgIpc) is 2.43. The van der Waals surface area contributed by atoms with Crippen LogP contribution in [0.2, 0.25) is 0 Å². The van der Waals surface area contributed by atoms with E-state index < -0.39 is 0 Å². The molecule has 0 unspecified atom stereocenters. The normalized spacial score (nSPS) is 26.1. The largest absolute Gasteiger partial charge is 0.393 e. The van der Waals surface area contributed by atoms with E-state index in [9.17, 15) is 5.11 Å². The van der Waals surface area contributed by atoms with Crippen molar-refractivity contribution < 1.29 is 9.84 Å². The first kappa shape index (κ1) is 13.3. The number of nitrogens with zero attached hydrogens (tertiary/aromatic N) is 4. The summed E-state index contributed by atoms with van der Waals surface area (Å²) in [5.41, 5.74) is 5.74. The number of morpholine rings is 1. The molecule has 0 aromatic carbocycles. The monoisotopic (exact) mass is 280 g/mol. The molecule has 0 radical (unpaired) electrons. The standard InChI is InChI=1S/C12H20N6O2/c13-10-15-11(14-7-8-5-9(19)6-8)17-12(16-10)18-1-3-20-4-2-18/h8-9,19H,1-7H2,(H3,13,14,15,16,17). The Morgan fingerprint density at radius 1 is 1.25 bits per heavy atom. The van der Waals surface area contributed by atoms with Crippen molar-refractivity contribution in [3.63, 3.8) is 0 Å². The molecule has 8 heteroatoms. The number of nitrogens with one attached hydrogen (secondary N) is 1. The number of aliphatic hydroxyl groups excluding tert-OH is 1. The number of rotatable bonds is 4. The molecule has 4 N–H and O–H groups in total. The Bertz CT molecular complexity index is 459. The summed E-state index contributed by atoms with van der Waals surface area (Å²) in [7, 11) is 0. The number of hydrogen-bond donors (Lipinski definition) is 3. The molecule has 0 atom stereocenters. The third kappa shape index (κ3) is 3.07. The van der Waals surface area contributed by atoms with Gasteiger partial charge in [0, 0.05) is 19.6 Å². The molecular weight excluding hydrogens is 260 g/mol. The van der Waals surface area contributed by atoms with E-state index in [-0.39, 0.29) is 12.1 Å². The number of aromatic nitrogens is 3. The number of anilines is 3. The fraction of sp³-hybridized carbons (Fsp3) is 0.750. The second-order valence-corrected chi connectivity index (χ2v) is 5.29. The molecule has 1 saturated carbocycles. The summed E-state index contributed by atoms with van der Waals surface area (Å²) >= 11 is 0. The summed E-state index contributed by atoms with van der Waals surface area (Å²) in [5.74, 6) is 1.80. The highest BCUT2D eigenvalue weighted by atomic mass is 16.5. The molecule has 0 spiro atoms. The van der Waals surface area contributed by atoms with E-state index in [2.05, 4.69) is 20.3 Å². The molecule has 20 heavy (non-hydrogen) atoms. The first-order chi connectivity index (χ1) is 9.70. The molecule has 1 aromatic heterocycles. The minimum Gasteiger partial charge on any atom is -0.393 e. The van der Waals surface area contributed by atoms with Gasteiger partial charge in [-0.2, -0.15) is 15.0 Å². The lowest BCUT2D eigenvalue weighted by Crippen LogP contribution is -2.38. The lowest BCUT2D eigenvalue weighted by molar-refractivity contribution is 0.0486. The molecule has 1 saturated heterocycles. The van der Waals surface area contributed by atoms with Crippen LogP contribution in [0, 0.1) is 5.92 Å². The topological polar surface area (TPSA) is 109 Å². The smallest absolute Gasteiger partial charge is 0.232 e. The fourth-order valence-electron chi connectivity index (χ4n) is 2.47. The minimum absolute atomic E-state index is 0.144. The molecule has 0 amide bonds. The molecule has 1 aliphatic heterocycles. The van der Waals surface area contributed by atoms with Gasteiger partial charge in [-0.15, -0.1) is 0 Å². The second-order valence-electron chi connectivity index (χ2n) is 5.29. The van der Waals surface area contributed by atoms with Crippen LogP contribution in [0.25, 0.3) is 0 Å². The van der Waals surface area contributed by atoms with Gasteiger partial charge in [-0.25, -0.2) is 0 Å². The van der Waals surface area contributed by atoms with Gasteiger partial charge < -0.3 is 25.8 Å². The summed E-state index contributed by atoms with van der Waals surface area (Å²) in [4.78, 5) is 14.7. The first-order valence-corrected chi connectivity index (χ1v) is 6.97. The summed E-state index contributed by atoms with van der Waals surface area (Å²) in [5, 5.41) is 12.4. The lowest BCUT2D eigenvalue weighted by Gasteiger charge is -2.31. The van der Waals surface area contributed by atoms with Gasteiger partial charge >= 0.3 is 0 Å². The van der Waals surface area contributed by atoms with E-state index in [0.717, 1.165) is 32.5 Å². The third-order valence-electron chi connectivity index (χ3n) is 3.69. The van der Waals surface area contributed by atoms with E-state index in [1.807, 2.05) is 4.90 Å². The van der Waals surface area contributed by atoms with Gasteiger partial charge in [-0.3, -0.25) is 0 Å². The van der Waals surface area contributed by atoms with Crippen LogP contribution in [-0.2, 0) is 4.74 Å². The quantitative estimate of drug-likeness (QED) is 0.675. The van der Waals surface area contributed by atoms with Crippen molar-refractivity contribution in [2.24, 2.45) is 5.92 Å². The van der Waals surface area contributed by atoms with Crippen molar-refractivity contribution in [1.29, 1.82) is 0 Å². The number of nitrogen functional groups attached to an aromatic ring is 1. The fourth-order valence-corrected chi connectivity index (χ4v) is 2.47. The van der Waals surface area contributed by atoms with Gasteiger partial charge in [0.15, 0.2) is 0 Å². The Labute approximate surface area is 117 Å². The van der Waals surface area contributed by atoms with Crippen molar-refractivity contribution in [1.82, 2.24) is 15.0 Å². The molecule has 2 aliphatic rings. The van der Waals surface area contributed by atoms with E-state index in [0.29, 0.717) is 31.0 Å². The van der Waals surface area contributed by atoms with Crippen LogP contribution in [-0.4, -0.2) is 59.0 Å². The summed E-state index contributed by atoms with van der Waals surface area (Å²) in [6, 6.07) is 0. The SMILES string of the molecule is Nc1nc(NCC2CC(O)C2)nc(N2CCOCC2)n1. The van der Waals surface area contributed by atoms with E-state index >= 15 is 0 Å². The summed E-state index contributed by atoms with van der Waals surface area (Å²) in [6.07, 6.45) is 1.53. The number of nitrogens with two attached hydrogens (primary N) is 1. The molecule has 1 aromatic rings. The Morgan fingerprint density at radius 2 is 2.00 bits per heavy atom. The first-order valence-electron chi connectivity index (χ1n) is 6.97. The zero-order valence-corrected chi connectivity index (χ0v) is 11.3. The maximum Gasteiger partial charge on any atom is 0.232 e. The van der Waals surface area contributed by atoms with Gasteiger partial charge in [0.05, 0.1) is 19.3 Å². The van der Waals surface area contributed by atoms with Gasteiger partial charge in [-0.1, -0.05) is 0 Å². The Balaban J connectivity index is 1.63. The Morgan fingerprint density at radius 3 is 2.70 bits per heavy atom. The average molecular weight is 280 g/mol. The molecule has 2 fully saturated rings. The van der Waals surface area contributed by atoms with Crippen molar-refractivity contribution >= 4 is 17.8 Å². The van der Waals surface area contributed by atoms with Crippen LogP contribution >= 0.6 is 0 Å². The number of aliphatic hydroxyl groups is 1. The third-order valence-corrected chi connectivity index (χ3v) is 3.69. The molecule has 1 aliphatic carbocycles. The van der Waals surface area contributed by atoms with Gasteiger partial charge in [-0.05, 0) is 18.8 Å². The summed E-state index contributed by atoms with van der Waals surface area (Å²) in [6.45, 7) is 3.63. The predicted molar refractivity (Wildman–Crippen MR) is 74.5 cm³/mol. The molecule has 2 heterocycles. The van der Waals surface area contributed by atoms with Crippen LogP contribution in [0.3, 0.4) is 0 Å². The zero-order chi connectivity index (χ0) is 13.9. The predicted octanol–water partition coefficient (Wildman–Crippen LogP) is -0.527. The van der Waals surface area contributed by atoms with E-state index in [1.54, 1.807) is 0 Å². The van der Waals surface area contributed by atoms with Gasteiger partial charge in [0.25, 0.3) is 0 Å². The lowest BCUT2D eigenvalue weighted by atomic mass is 9.82. The highest BCUT2D eigenvalue weighted by Gasteiger charge is 2.27. The Hall–Kier alpha value is -1.67. The number of ether oxygens (including phenoxy) is 1. The Kier molecular flexibility index (Phi) is 3.83. The van der Waals surface area contributed by atoms with Crippen LogP contribution in [0.5, 0.6) is 0 Å². The maximum absolute atomic E-state index is 9.27. The van der Waals surface area contributed by atoms with Crippen molar-refractivity contribution in [3.05, 3.63) is 0 Å². The zero-order valence-electron chi connectivity index (χ0n) is 11.3. The molecule has 3 rings (SSSR count). The van der Waals surface area contributed by atoms with Crippen molar-refractivity contribution in [2.75, 3.05) is 48.8 Å². The minimum atomic E-state index is -0.144. The summed E-state index contributed by atoms with van der Waals surface area (Å²) < 4.78 is 5.31. The number of hydrogen-bond acceptors (Lipinski definition) is 8. The molecule has 110 valence electrons. The van der Waals surface area contributed by atoms with E-state index in [1.165, 1.54) is 0 Å². The van der Waals surface area contributed by atoms with Crippen LogP contribution in [0.15, 0.2) is 0 Å². The highest BCUT2D eigenvalue weighted by Crippen LogP contribution is 2.27. The molecule has 0 bridgehead atoms. The van der Waals surface area contributed by atoms with Crippen LogP contribution in [0.1, 0.15) is 12.8 Å². The molecule has 8 nitrogen and oxygen atoms in total.